The van der Waals surface area contributed by atoms with Gasteiger partial charge in [-0.25, -0.2) is 0 Å². The lowest BCUT2D eigenvalue weighted by Crippen LogP contribution is -2.55. The van der Waals surface area contributed by atoms with Gasteiger partial charge in [0.1, 0.15) is 6.04 Å². The molecule has 1 aromatic rings. The van der Waals surface area contributed by atoms with Gasteiger partial charge in [0, 0.05) is 13.5 Å². The van der Waals surface area contributed by atoms with Gasteiger partial charge in [-0.3, -0.25) is 9.59 Å². The lowest BCUT2D eigenvalue weighted by atomic mass is 9.86. The van der Waals surface area contributed by atoms with Crippen LogP contribution in [0.1, 0.15) is 51.8 Å². The number of carbonyl (C=O) groups is 2. The molecule has 2 atom stereocenters. The van der Waals surface area contributed by atoms with E-state index in [9.17, 15) is 9.59 Å². The zero-order chi connectivity index (χ0) is 17.9. The molecule has 132 valence electrons. The van der Waals surface area contributed by atoms with E-state index in [1.807, 2.05) is 19.1 Å². The summed E-state index contributed by atoms with van der Waals surface area (Å²) < 4.78 is 5.37. The summed E-state index contributed by atoms with van der Waals surface area (Å²) in [4.78, 5) is 25.8. The van der Waals surface area contributed by atoms with Crippen LogP contribution in [0.15, 0.2) is 24.3 Å². The molecule has 0 aliphatic carbocycles. The van der Waals surface area contributed by atoms with Crippen LogP contribution in [0.5, 0.6) is 0 Å². The lowest BCUT2D eigenvalue weighted by molar-refractivity contribution is -0.147. The molecule has 1 N–H and O–H groups in total. The molecule has 24 heavy (non-hydrogen) atoms. The van der Waals surface area contributed by atoms with Crippen molar-refractivity contribution in [2.45, 2.75) is 52.1 Å². The Bertz CT molecular complexity index is 590. The zero-order valence-electron chi connectivity index (χ0n) is 15.3. The van der Waals surface area contributed by atoms with Gasteiger partial charge in [0.05, 0.1) is 19.3 Å². The van der Waals surface area contributed by atoms with Gasteiger partial charge in [0.25, 0.3) is 0 Å². The summed E-state index contributed by atoms with van der Waals surface area (Å²) in [6.45, 7) is 11.1. The van der Waals surface area contributed by atoms with E-state index in [0.717, 1.165) is 5.56 Å². The van der Waals surface area contributed by atoms with E-state index in [2.05, 4.69) is 38.2 Å². The third kappa shape index (κ3) is 4.35. The monoisotopic (exact) mass is 332 g/mol. The van der Waals surface area contributed by atoms with Gasteiger partial charge in [-0.05, 0) is 23.5 Å². The smallest absolute Gasteiger partial charge is 0.245 e. The Morgan fingerprint density at radius 2 is 1.88 bits per heavy atom. The molecule has 2 rings (SSSR count). The van der Waals surface area contributed by atoms with Crippen LogP contribution in [0.3, 0.4) is 0 Å². The molecule has 0 unspecified atom stereocenters. The molecule has 0 aromatic heterocycles. The van der Waals surface area contributed by atoms with Crippen LogP contribution in [-0.4, -0.2) is 42.5 Å². The summed E-state index contributed by atoms with van der Waals surface area (Å²) in [6, 6.07) is 7.62. The quantitative estimate of drug-likeness (QED) is 0.925. The predicted molar refractivity (Wildman–Crippen MR) is 93.7 cm³/mol. The van der Waals surface area contributed by atoms with Crippen molar-refractivity contribution in [3.05, 3.63) is 35.4 Å². The zero-order valence-corrected chi connectivity index (χ0v) is 15.3. The van der Waals surface area contributed by atoms with E-state index in [-0.39, 0.29) is 29.9 Å². The van der Waals surface area contributed by atoms with Gasteiger partial charge < -0.3 is 15.0 Å². The van der Waals surface area contributed by atoms with Gasteiger partial charge in [-0.2, -0.15) is 0 Å². The van der Waals surface area contributed by atoms with Gasteiger partial charge in [0.15, 0.2) is 0 Å². The number of morpholine rings is 1. The maximum absolute atomic E-state index is 12.5. The minimum atomic E-state index is -0.549. The SMILES string of the molecule is CC(=O)N1CCOC[C@H]1C(=O)N[C@H](C)c1ccc(C(C)(C)C)cc1. The molecule has 1 saturated heterocycles. The number of ether oxygens (including phenoxy) is 1. The third-order valence-corrected chi connectivity index (χ3v) is 4.47. The Labute approximate surface area is 144 Å². The fraction of sp³-hybridized carbons (Fsp3) is 0.579. The normalized spacial score (nSPS) is 19.7. The average Bonchev–Trinajstić information content (AvgIpc) is 2.54. The molecule has 5 heteroatoms. The highest BCUT2D eigenvalue weighted by Crippen LogP contribution is 2.24. The molecular formula is C19H28N2O3. The second-order valence-electron chi connectivity index (χ2n) is 7.41. The van der Waals surface area contributed by atoms with Crippen molar-refractivity contribution >= 4 is 11.8 Å². The number of amides is 2. The van der Waals surface area contributed by atoms with Crippen molar-refractivity contribution in [1.29, 1.82) is 0 Å². The molecule has 5 nitrogen and oxygen atoms in total. The van der Waals surface area contributed by atoms with Crippen LogP contribution in [0.25, 0.3) is 0 Å². The topological polar surface area (TPSA) is 58.6 Å². The Morgan fingerprint density at radius 1 is 1.25 bits per heavy atom. The van der Waals surface area contributed by atoms with Gasteiger partial charge in [0.2, 0.25) is 11.8 Å². The Balaban J connectivity index is 2.04. The van der Waals surface area contributed by atoms with Crippen molar-refractivity contribution in [1.82, 2.24) is 10.2 Å². The number of nitrogens with zero attached hydrogens (tertiary/aromatic N) is 1. The molecule has 1 aromatic carbocycles. The van der Waals surface area contributed by atoms with Gasteiger partial charge in [-0.15, -0.1) is 0 Å². The molecule has 0 bridgehead atoms. The van der Waals surface area contributed by atoms with Crippen LogP contribution in [0, 0.1) is 0 Å². The molecule has 1 aliphatic heterocycles. The second-order valence-corrected chi connectivity index (χ2v) is 7.41. The Morgan fingerprint density at radius 3 is 2.42 bits per heavy atom. The molecule has 0 spiro atoms. The van der Waals surface area contributed by atoms with E-state index >= 15 is 0 Å². The number of hydrogen-bond donors (Lipinski definition) is 1. The largest absolute Gasteiger partial charge is 0.377 e. The minimum Gasteiger partial charge on any atom is -0.377 e. The number of nitrogens with one attached hydrogen (secondary N) is 1. The fourth-order valence-electron chi connectivity index (χ4n) is 2.86. The highest BCUT2D eigenvalue weighted by atomic mass is 16.5. The average molecular weight is 332 g/mol. The highest BCUT2D eigenvalue weighted by molar-refractivity contribution is 5.87. The van der Waals surface area contributed by atoms with Crippen molar-refractivity contribution in [3.8, 4) is 0 Å². The second kappa shape index (κ2) is 7.34. The van der Waals surface area contributed by atoms with Gasteiger partial charge in [-0.1, -0.05) is 45.0 Å². The summed E-state index contributed by atoms with van der Waals surface area (Å²) in [5.74, 6) is -0.266. The summed E-state index contributed by atoms with van der Waals surface area (Å²) in [5.41, 5.74) is 2.41. The maximum atomic E-state index is 12.5. The standard InChI is InChI=1S/C19H28N2O3/c1-13(15-6-8-16(9-7-15)19(3,4)5)20-18(23)17-12-24-11-10-21(17)14(2)22/h6-9,13,17H,10-12H2,1-5H3,(H,20,23)/t13-,17+/m1/s1. The highest BCUT2D eigenvalue weighted by Gasteiger charge is 2.31. The molecule has 1 aliphatic rings. The number of benzene rings is 1. The van der Waals surface area contributed by atoms with Crippen LogP contribution in [0.2, 0.25) is 0 Å². The first-order valence-corrected chi connectivity index (χ1v) is 8.46. The van der Waals surface area contributed by atoms with Crippen LogP contribution in [0.4, 0.5) is 0 Å². The summed E-state index contributed by atoms with van der Waals surface area (Å²) in [7, 11) is 0. The molecular weight excluding hydrogens is 304 g/mol. The van der Waals surface area contributed by atoms with Crippen LogP contribution in [-0.2, 0) is 19.7 Å². The lowest BCUT2D eigenvalue weighted by Gasteiger charge is -2.34. The minimum absolute atomic E-state index is 0.0966. The number of carbonyl (C=O) groups excluding carboxylic acids is 2. The molecule has 1 fully saturated rings. The third-order valence-electron chi connectivity index (χ3n) is 4.47. The Kier molecular flexibility index (Phi) is 5.65. The van der Waals surface area contributed by atoms with E-state index in [4.69, 9.17) is 4.74 Å². The molecule has 2 amide bonds. The predicted octanol–water partition coefficient (Wildman–Crippen LogP) is 2.41. The van der Waals surface area contributed by atoms with Crippen molar-refractivity contribution in [2.75, 3.05) is 19.8 Å². The number of rotatable bonds is 3. The molecule has 1 heterocycles. The summed E-state index contributed by atoms with van der Waals surface area (Å²) in [5, 5.41) is 3.00. The van der Waals surface area contributed by atoms with E-state index < -0.39 is 6.04 Å². The first-order valence-electron chi connectivity index (χ1n) is 8.46. The van der Waals surface area contributed by atoms with Crippen molar-refractivity contribution < 1.29 is 14.3 Å². The fourth-order valence-corrected chi connectivity index (χ4v) is 2.86. The van der Waals surface area contributed by atoms with Crippen LogP contribution >= 0.6 is 0 Å². The summed E-state index contributed by atoms with van der Waals surface area (Å²) >= 11 is 0. The van der Waals surface area contributed by atoms with E-state index in [1.54, 1.807) is 4.90 Å². The molecule has 0 radical (unpaired) electrons. The summed E-state index contributed by atoms with van der Waals surface area (Å²) in [6.07, 6.45) is 0. The number of hydrogen-bond acceptors (Lipinski definition) is 3. The van der Waals surface area contributed by atoms with Crippen molar-refractivity contribution in [2.24, 2.45) is 0 Å². The van der Waals surface area contributed by atoms with E-state index in [1.165, 1.54) is 12.5 Å². The Hall–Kier alpha value is -1.88. The first-order chi connectivity index (χ1) is 11.2. The van der Waals surface area contributed by atoms with Gasteiger partial charge >= 0.3 is 0 Å². The maximum Gasteiger partial charge on any atom is 0.245 e. The van der Waals surface area contributed by atoms with Crippen LogP contribution < -0.4 is 5.32 Å². The van der Waals surface area contributed by atoms with E-state index in [0.29, 0.717) is 13.2 Å². The first kappa shape index (κ1) is 18.5. The van der Waals surface area contributed by atoms with Crippen molar-refractivity contribution in [3.63, 3.8) is 0 Å². The molecule has 0 saturated carbocycles.